The van der Waals surface area contributed by atoms with Gasteiger partial charge in [-0.05, 0) is 97.4 Å². The highest BCUT2D eigenvalue weighted by Crippen LogP contribution is 2.62. The molecule has 3 aliphatic rings. The number of aromatic hydroxyl groups is 3. The van der Waals surface area contributed by atoms with Gasteiger partial charge in [-0.1, -0.05) is 18.6 Å². The van der Waals surface area contributed by atoms with Crippen LogP contribution in [0, 0.1) is 17.3 Å². The second kappa shape index (κ2) is 12.2. The van der Waals surface area contributed by atoms with Gasteiger partial charge in [-0.3, -0.25) is 4.79 Å². The fourth-order valence-electron chi connectivity index (χ4n) is 7.71. The van der Waals surface area contributed by atoms with Crippen LogP contribution in [-0.2, 0) is 17.6 Å². The molecule has 7 N–H and O–H groups in total. The Labute approximate surface area is 246 Å². The van der Waals surface area contributed by atoms with E-state index < -0.39 is 17.4 Å². The van der Waals surface area contributed by atoms with Crippen LogP contribution in [0.1, 0.15) is 56.1 Å². The number of phenolic OH excluding ortho intramolecular Hbond substituents is 3. The number of Topliss-reactive ketones (excluding diaryl/α,β-unsaturated/α-hetero) is 1. The van der Waals surface area contributed by atoms with Crippen molar-refractivity contribution in [1.82, 2.24) is 5.32 Å². The minimum atomic E-state index is -0.906. The molecule has 0 unspecified atom stereocenters. The molecule has 2 aliphatic carbocycles. The first-order chi connectivity index (χ1) is 20.2. The summed E-state index contributed by atoms with van der Waals surface area (Å²) in [5, 5.41) is 45.4. The molecule has 0 radical (unpaired) electrons. The Morgan fingerprint density at radius 1 is 1.05 bits per heavy atom. The Hall–Kier alpha value is -3.85. The van der Waals surface area contributed by atoms with E-state index in [0.717, 1.165) is 48.8 Å². The fourth-order valence-corrected chi connectivity index (χ4v) is 7.71. The quantitative estimate of drug-likeness (QED) is 0.215. The van der Waals surface area contributed by atoms with Gasteiger partial charge in [-0.25, -0.2) is 0 Å². The van der Waals surface area contributed by atoms with Gasteiger partial charge in [0.05, 0.1) is 32.1 Å². The number of aliphatic hydroxyl groups excluding tert-OH is 1. The lowest BCUT2D eigenvalue weighted by Gasteiger charge is -2.50. The van der Waals surface area contributed by atoms with Gasteiger partial charge in [0.15, 0.2) is 23.0 Å². The number of rotatable bonds is 11. The minimum Gasteiger partial charge on any atom is -0.504 e. The number of methoxy groups -OCH3 is 2. The second-order valence-electron chi connectivity index (χ2n) is 11.8. The molecule has 9 nitrogen and oxygen atoms in total. The number of hydrogen-bond acceptors (Lipinski definition) is 9. The number of allylic oxidation sites excluding steroid dienone is 2. The highest BCUT2D eigenvalue weighted by molar-refractivity contribution is 5.84. The van der Waals surface area contributed by atoms with Crippen molar-refractivity contribution in [2.45, 2.75) is 63.9 Å². The fraction of sp³-hybridized carbons (Fsp3) is 0.485. The Bertz CT molecular complexity index is 1400. The molecule has 4 atom stereocenters. The van der Waals surface area contributed by atoms with E-state index in [2.05, 4.69) is 11.4 Å². The molecule has 2 aromatic rings. The first-order valence-corrected chi connectivity index (χ1v) is 14.8. The number of aliphatic hydroxyl groups is 1. The van der Waals surface area contributed by atoms with Crippen molar-refractivity contribution in [3.05, 3.63) is 64.5 Å². The Morgan fingerprint density at radius 2 is 1.81 bits per heavy atom. The van der Waals surface area contributed by atoms with Gasteiger partial charge in [0, 0.05) is 18.4 Å². The van der Waals surface area contributed by atoms with E-state index in [-0.39, 0.29) is 41.1 Å². The number of ketones is 1. The highest BCUT2D eigenvalue weighted by Gasteiger charge is 2.57. The summed E-state index contributed by atoms with van der Waals surface area (Å²) >= 11 is 0. The van der Waals surface area contributed by atoms with Gasteiger partial charge in [0.25, 0.3) is 0 Å². The van der Waals surface area contributed by atoms with Crippen LogP contribution in [0.5, 0.6) is 28.7 Å². The van der Waals surface area contributed by atoms with E-state index in [9.17, 15) is 25.2 Å². The number of benzene rings is 2. The predicted molar refractivity (Wildman–Crippen MR) is 158 cm³/mol. The number of ether oxygens (including phenoxy) is 2. The van der Waals surface area contributed by atoms with Crippen LogP contribution >= 0.6 is 0 Å². The molecule has 0 aromatic heterocycles. The van der Waals surface area contributed by atoms with Gasteiger partial charge in [0.1, 0.15) is 5.78 Å². The molecule has 0 saturated heterocycles. The highest BCUT2D eigenvalue weighted by atomic mass is 16.5. The maximum absolute atomic E-state index is 14.4. The maximum atomic E-state index is 14.4. The summed E-state index contributed by atoms with van der Waals surface area (Å²) in [7, 11) is 2.91. The standard InChI is InChI=1S/C33H42N2O7/c1-41-28-17-19(5-10-24(28)36)6-11-25(37)30(26(38)12-7-20-16-27(39)31(40)29(18-20)42-2)33-14-3-4-21(33)8-9-22-23(33)13-15-35-32(22)34/h5,10,13,16-18,21,25,30,35-37,39-40H,3-4,6-9,11-12,14-15,34H2,1-2H3/t21-,25+,30+,33+/m0/s1. The van der Waals surface area contributed by atoms with Crippen molar-refractivity contribution in [3.8, 4) is 28.7 Å². The van der Waals surface area contributed by atoms with Crippen molar-refractivity contribution < 1.29 is 34.7 Å². The zero-order chi connectivity index (χ0) is 30.0. The molecular formula is C33H42N2O7. The number of nitrogens with one attached hydrogen (secondary N) is 1. The summed E-state index contributed by atoms with van der Waals surface area (Å²) in [4.78, 5) is 14.4. The molecule has 2 saturated carbocycles. The van der Waals surface area contributed by atoms with Gasteiger partial charge in [0.2, 0.25) is 5.75 Å². The molecule has 2 fully saturated rings. The first kappa shape index (κ1) is 29.6. The molecule has 226 valence electrons. The number of nitrogens with two attached hydrogens (primary N) is 1. The number of dihydropyridines is 1. The summed E-state index contributed by atoms with van der Waals surface area (Å²) in [6.45, 7) is 0.593. The van der Waals surface area contributed by atoms with E-state index in [1.807, 2.05) is 0 Å². The summed E-state index contributed by atoms with van der Waals surface area (Å²) in [5.41, 5.74) is 9.69. The van der Waals surface area contributed by atoms with Crippen molar-refractivity contribution in [2.75, 3.05) is 20.8 Å². The molecule has 9 heteroatoms. The Morgan fingerprint density at radius 3 is 2.57 bits per heavy atom. The summed E-state index contributed by atoms with van der Waals surface area (Å²) in [6, 6.07) is 8.22. The molecule has 1 aliphatic heterocycles. The minimum absolute atomic E-state index is 0.0246. The van der Waals surface area contributed by atoms with E-state index in [4.69, 9.17) is 15.2 Å². The zero-order valence-electron chi connectivity index (χ0n) is 24.4. The number of aryl methyl sites for hydroxylation is 2. The van der Waals surface area contributed by atoms with Crippen LogP contribution in [0.4, 0.5) is 0 Å². The van der Waals surface area contributed by atoms with Crippen molar-refractivity contribution in [3.63, 3.8) is 0 Å². The number of carbonyl (C=O) groups is 1. The van der Waals surface area contributed by atoms with Crippen LogP contribution < -0.4 is 20.5 Å². The van der Waals surface area contributed by atoms with E-state index in [0.29, 0.717) is 42.9 Å². The molecule has 1 heterocycles. The van der Waals surface area contributed by atoms with Crippen LogP contribution in [0.15, 0.2) is 53.4 Å². The third-order valence-electron chi connectivity index (χ3n) is 9.62. The van der Waals surface area contributed by atoms with Crippen LogP contribution in [-0.4, -0.2) is 53.1 Å². The SMILES string of the molecule is COc1cc(CC[C@@H](O)[C@H](C(=O)CCc2cc(O)c(O)c(OC)c2)[C@]23CCC[C@H]2CCC2=C(N)NCC=C23)ccc1O. The summed E-state index contributed by atoms with van der Waals surface area (Å²) in [5.74, 6) is 0.207. The smallest absolute Gasteiger partial charge is 0.200 e. The molecule has 5 rings (SSSR count). The third-order valence-corrected chi connectivity index (χ3v) is 9.62. The predicted octanol–water partition coefficient (Wildman–Crippen LogP) is 4.21. The molecule has 0 amide bonds. The van der Waals surface area contributed by atoms with E-state index in [1.165, 1.54) is 20.3 Å². The Balaban J connectivity index is 1.47. The van der Waals surface area contributed by atoms with Crippen LogP contribution in [0.3, 0.4) is 0 Å². The van der Waals surface area contributed by atoms with Crippen molar-refractivity contribution >= 4 is 5.78 Å². The number of fused-ring (bicyclic) bond motifs is 3. The molecular weight excluding hydrogens is 536 g/mol. The van der Waals surface area contributed by atoms with Crippen LogP contribution in [0.25, 0.3) is 0 Å². The monoisotopic (exact) mass is 578 g/mol. The average molecular weight is 579 g/mol. The molecule has 2 aromatic carbocycles. The number of carbonyl (C=O) groups excluding carboxylic acids is 1. The largest absolute Gasteiger partial charge is 0.504 e. The van der Waals surface area contributed by atoms with Gasteiger partial charge in [-0.2, -0.15) is 0 Å². The topological polar surface area (TPSA) is 154 Å². The number of hydrogen-bond donors (Lipinski definition) is 6. The Kier molecular flexibility index (Phi) is 8.59. The zero-order valence-corrected chi connectivity index (χ0v) is 24.4. The summed E-state index contributed by atoms with van der Waals surface area (Å²) < 4.78 is 10.5. The van der Waals surface area contributed by atoms with Crippen LogP contribution in [0.2, 0.25) is 0 Å². The second-order valence-corrected chi connectivity index (χ2v) is 11.8. The number of phenols is 3. The van der Waals surface area contributed by atoms with E-state index in [1.54, 1.807) is 24.3 Å². The van der Waals surface area contributed by atoms with Gasteiger partial charge < -0.3 is 41.0 Å². The lowest BCUT2D eigenvalue weighted by atomic mass is 9.54. The summed E-state index contributed by atoms with van der Waals surface area (Å²) in [6.07, 6.45) is 7.21. The molecule has 0 spiro atoms. The van der Waals surface area contributed by atoms with Crippen molar-refractivity contribution in [2.24, 2.45) is 23.0 Å². The first-order valence-electron chi connectivity index (χ1n) is 14.8. The van der Waals surface area contributed by atoms with E-state index >= 15 is 0 Å². The normalized spacial score (nSPS) is 22.8. The third kappa shape index (κ3) is 5.38. The van der Waals surface area contributed by atoms with Gasteiger partial charge >= 0.3 is 0 Å². The molecule has 0 bridgehead atoms. The molecule has 42 heavy (non-hydrogen) atoms. The average Bonchev–Trinajstić information content (AvgIpc) is 3.42. The maximum Gasteiger partial charge on any atom is 0.200 e. The lowest BCUT2D eigenvalue weighted by molar-refractivity contribution is -0.134. The van der Waals surface area contributed by atoms with Crippen molar-refractivity contribution in [1.29, 1.82) is 0 Å². The van der Waals surface area contributed by atoms with Gasteiger partial charge in [-0.15, -0.1) is 0 Å². The lowest BCUT2D eigenvalue weighted by Crippen LogP contribution is -2.50.